The Kier molecular flexibility index (Phi) is 5.74. The van der Waals surface area contributed by atoms with Crippen molar-refractivity contribution in [2.45, 2.75) is 25.7 Å². The van der Waals surface area contributed by atoms with Gasteiger partial charge in [0.25, 0.3) is 5.91 Å². The molecule has 0 unspecified atom stereocenters. The van der Waals surface area contributed by atoms with E-state index in [-0.39, 0.29) is 40.5 Å². The summed E-state index contributed by atoms with van der Waals surface area (Å²) in [6.07, 6.45) is 2.26. The number of primary amides is 2. The summed E-state index contributed by atoms with van der Waals surface area (Å²) in [5, 5.41) is 2.68. The van der Waals surface area contributed by atoms with Crippen molar-refractivity contribution in [3.63, 3.8) is 0 Å². The summed E-state index contributed by atoms with van der Waals surface area (Å²) in [6, 6.07) is 4.10. The van der Waals surface area contributed by atoms with Gasteiger partial charge >= 0.3 is 5.97 Å². The lowest BCUT2D eigenvalue weighted by Crippen LogP contribution is -2.30. The van der Waals surface area contributed by atoms with Crippen molar-refractivity contribution in [3.8, 4) is 0 Å². The fraction of sp³-hybridized carbons (Fsp3) is 0.412. The highest BCUT2D eigenvalue weighted by Gasteiger charge is 2.30. The largest absolute Gasteiger partial charge is 0.469 e. The van der Waals surface area contributed by atoms with Gasteiger partial charge in [-0.25, -0.2) is 0 Å². The molecule has 25 heavy (non-hydrogen) atoms. The molecular formula is C17H21N3O5. The number of carbonyl (C=O) groups excluding carboxylic acids is 4. The minimum absolute atomic E-state index is 0.0212. The molecule has 8 nitrogen and oxygen atoms in total. The topological polar surface area (TPSA) is 142 Å². The van der Waals surface area contributed by atoms with E-state index in [2.05, 4.69) is 5.32 Å². The minimum Gasteiger partial charge on any atom is -0.469 e. The van der Waals surface area contributed by atoms with Crippen LogP contribution in [0.4, 0.5) is 5.69 Å². The number of methoxy groups -OCH3 is 1. The van der Waals surface area contributed by atoms with Crippen molar-refractivity contribution in [1.82, 2.24) is 0 Å². The van der Waals surface area contributed by atoms with E-state index in [1.165, 1.54) is 25.3 Å². The Morgan fingerprint density at radius 1 is 1.00 bits per heavy atom. The normalized spacial score (nSPS) is 19.7. The van der Waals surface area contributed by atoms with Crippen LogP contribution in [-0.2, 0) is 14.3 Å². The first-order valence-corrected chi connectivity index (χ1v) is 7.95. The van der Waals surface area contributed by atoms with Crippen LogP contribution in [0.1, 0.15) is 46.4 Å². The number of benzene rings is 1. The zero-order valence-corrected chi connectivity index (χ0v) is 13.9. The quantitative estimate of drug-likeness (QED) is 0.675. The summed E-state index contributed by atoms with van der Waals surface area (Å²) in [6.45, 7) is 0. The molecular weight excluding hydrogens is 326 g/mol. The van der Waals surface area contributed by atoms with Crippen molar-refractivity contribution < 1.29 is 23.9 Å². The van der Waals surface area contributed by atoms with Crippen molar-refractivity contribution in [2.75, 3.05) is 12.4 Å². The lowest BCUT2D eigenvalue weighted by atomic mass is 9.81. The second kappa shape index (κ2) is 7.78. The molecule has 0 radical (unpaired) electrons. The zero-order chi connectivity index (χ0) is 18.6. The van der Waals surface area contributed by atoms with Gasteiger partial charge in [0.05, 0.1) is 24.3 Å². The van der Waals surface area contributed by atoms with Gasteiger partial charge in [-0.2, -0.15) is 0 Å². The van der Waals surface area contributed by atoms with Crippen LogP contribution in [0.2, 0.25) is 0 Å². The van der Waals surface area contributed by atoms with Crippen LogP contribution in [0.3, 0.4) is 0 Å². The SMILES string of the molecule is COC(=O)C1CCC(C(=O)Nc2ccc(C(N)=O)cc2C(N)=O)CC1. The second-order valence-corrected chi connectivity index (χ2v) is 6.05. The highest BCUT2D eigenvalue weighted by atomic mass is 16.5. The molecule has 0 heterocycles. The van der Waals surface area contributed by atoms with Crippen molar-refractivity contribution in [1.29, 1.82) is 0 Å². The molecule has 3 amide bonds. The van der Waals surface area contributed by atoms with Crippen molar-refractivity contribution in [2.24, 2.45) is 23.3 Å². The second-order valence-electron chi connectivity index (χ2n) is 6.05. The lowest BCUT2D eigenvalue weighted by molar-refractivity contribution is -0.147. The number of hydrogen-bond donors (Lipinski definition) is 3. The number of ether oxygens (including phenoxy) is 1. The smallest absolute Gasteiger partial charge is 0.308 e. The molecule has 5 N–H and O–H groups in total. The van der Waals surface area contributed by atoms with Crippen LogP contribution in [0.15, 0.2) is 18.2 Å². The Bertz CT molecular complexity index is 708. The van der Waals surface area contributed by atoms with E-state index in [0.29, 0.717) is 25.7 Å². The predicted octanol–water partition coefficient (Wildman–Crippen LogP) is 0.802. The fourth-order valence-corrected chi connectivity index (χ4v) is 3.00. The van der Waals surface area contributed by atoms with Gasteiger partial charge in [-0.15, -0.1) is 0 Å². The van der Waals surface area contributed by atoms with Crippen molar-refractivity contribution in [3.05, 3.63) is 29.3 Å². The predicted molar refractivity (Wildman–Crippen MR) is 89.6 cm³/mol. The van der Waals surface area contributed by atoms with E-state index in [0.717, 1.165) is 0 Å². The average Bonchev–Trinajstić information content (AvgIpc) is 2.61. The highest BCUT2D eigenvalue weighted by Crippen LogP contribution is 2.30. The molecule has 0 aliphatic heterocycles. The molecule has 0 saturated heterocycles. The van der Waals surface area contributed by atoms with Gasteiger partial charge in [-0.1, -0.05) is 0 Å². The molecule has 0 spiro atoms. The summed E-state index contributed by atoms with van der Waals surface area (Å²) in [5.74, 6) is -2.41. The van der Waals surface area contributed by atoms with Gasteiger partial charge in [-0.05, 0) is 43.9 Å². The Labute approximate surface area is 144 Å². The molecule has 1 fully saturated rings. The number of esters is 1. The van der Waals surface area contributed by atoms with Gasteiger partial charge in [0, 0.05) is 11.5 Å². The highest BCUT2D eigenvalue weighted by molar-refractivity contribution is 6.05. The van der Waals surface area contributed by atoms with E-state index in [9.17, 15) is 19.2 Å². The summed E-state index contributed by atoms with van der Waals surface area (Å²) in [5.41, 5.74) is 10.9. The van der Waals surface area contributed by atoms with Crippen LogP contribution in [-0.4, -0.2) is 30.8 Å². The van der Waals surface area contributed by atoms with Gasteiger partial charge in [0.1, 0.15) is 0 Å². The number of amides is 3. The van der Waals surface area contributed by atoms with E-state index >= 15 is 0 Å². The van der Waals surface area contributed by atoms with Gasteiger partial charge in [0.15, 0.2) is 0 Å². The third-order valence-corrected chi connectivity index (χ3v) is 4.46. The van der Waals surface area contributed by atoms with E-state index < -0.39 is 11.8 Å². The first-order chi connectivity index (χ1) is 11.8. The minimum atomic E-state index is -0.771. The van der Waals surface area contributed by atoms with E-state index in [1.54, 1.807) is 0 Å². The zero-order valence-electron chi connectivity index (χ0n) is 13.9. The molecule has 1 aromatic carbocycles. The molecule has 1 aliphatic rings. The van der Waals surface area contributed by atoms with Crippen LogP contribution in [0, 0.1) is 11.8 Å². The molecule has 0 aromatic heterocycles. The number of hydrogen-bond acceptors (Lipinski definition) is 5. The maximum atomic E-state index is 12.4. The van der Waals surface area contributed by atoms with E-state index in [4.69, 9.17) is 16.2 Å². The van der Waals surface area contributed by atoms with E-state index in [1.807, 2.05) is 0 Å². The average molecular weight is 347 g/mol. The summed E-state index contributed by atoms with van der Waals surface area (Å²) < 4.78 is 4.73. The molecule has 134 valence electrons. The molecule has 0 atom stereocenters. The number of nitrogens with one attached hydrogen (secondary N) is 1. The van der Waals surface area contributed by atoms with Crippen LogP contribution in [0.5, 0.6) is 0 Å². The van der Waals surface area contributed by atoms with Gasteiger partial charge in [-0.3, -0.25) is 19.2 Å². The van der Waals surface area contributed by atoms with Gasteiger partial charge in [0.2, 0.25) is 11.8 Å². The molecule has 2 rings (SSSR count). The van der Waals surface area contributed by atoms with Crippen molar-refractivity contribution >= 4 is 29.4 Å². The third kappa shape index (κ3) is 4.34. The van der Waals surface area contributed by atoms with Crippen LogP contribution >= 0.6 is 0 Å². The Morgan fingerprint density at radius 3 is 2.12 bits per heavy atom. The lowest BCUT2D eigenvalue weighted by Gasteiger charge is -2.26. The first kappa shape index (κ1) is 18.4. The van der Waals surface area contributed by atoms with Crippen LogP contribution < -0.4 is 16.8 Å². The number of anilines is 1. The number of nitrogens with two attached hydrogens (primary N) is 2. The maximum absolute atomic E-state index is 12.4. The van der Waals surface area contributed by atoms with Crippen LogP contribution in [0.25, 0.3) is 0 Å². The Balaban J connectivity index is 2.07. The van der Waals surface area contributed by atoms with Gasteiger partial charge < -0.3 is 21.5 Å². The monoisotopic (exact) mass is 347 g/mol. The maximum Gasteiger partial charge on any atom is 0.308 e. The summed E-state index contributed by atoms with van der Waals surface area (Å²) >= 11 is 0. The molecule has 8 heteroatoms. The Morgan fingerprint density at radius 2 is 1.60 bits per heavy atom. The number of carbonyl (C=O) groups is 4. The molecule has 1 saturated carbocycles. The standard InChI is InChI=1S/C17H21N3O5/c1-25-17(24)10-4-2-9(3-5-10)16(23)20-13-7-6-11(14(18)21)8-12(13)15(19)22/h6-10H,2-5H2,1H3,(H2,18,21)(H2,19,22)(H,20,23). The molecule has 1 aliphatic carbocycles. The molecule has 0 bridgehead atoms. The first-order valence-electron chi connectivity index (χ1n) is 7.95. The molecule has 1 aromatic rings. The fourth-order valence-electron chi connectivity index (χ4n) is 3.00. The summed E-state index contributed by atoms with van der Waals surface area (Å²) in [4.78, 5) is 46.8. The Hall–Kier alpha value is -2.90. The third-order valence-electron chi connectivity index (χ3n) is 4.46. The number of rotatable bonds is 5. The summed E-state index contributed by atoms with van der Waals surface area (Å²) in [7, 11) is 1.35.